The highest BCUT2D eigenvalue weighted by molar-refractivity contribution is 8.16. The van der Waals surface area contributed by atoms with Crippen LogP contribution in [0.25, 0.3) is 0 Å². The second-order valence-electron chi connectivity index (χ2n) is 7.02. The number of carbonyl (C=O) groups excluding carboxylic acids is 2. The second kappa shape index (κ2) is 9.27. The number of aryl methyl sites for hydroxylation is 1. The van der Waals surface area contributed by atoms with Crippen molar-refractivity contribution in [2.75, 3.05) is 10.2 Å². The van der Waals surface area contributed by atoms with Gasteiger partial charge in [-0.2, -0.15) is 8.42 Å². The van der Waals surface area contributed by atoms with Crippen molar-refractivity contribution in [3.8, 4) is 0 Å². The number of thiophene rings is 1. The van der Waals surface area contributed by atoms with Gasteiger partial charge in [0.2, 0.25) is 11.8 Å². The maximum Gasteiger partial charge on any atom is 0.294 e. The minimum atomic E-state index is -3.98. The Balaban J connectivity index is 1.60. The van der Waals surface area contributed by atoms with Gasteiger partial charge in [0, 0.05) is 12.1 Å². The predicted octanol–water partition coefficient (Wildman–Crippen LogP) is 4.28. The lowest BCUT2D eigenvalue weighted by Gasteiger charge is -2.16. The summed E-state index contributed by atoms with van der Waals surface area (Å²) in [5.41, 5.74) is 2.19. The van der Waals surface area contributed by atoms with Gasteiger partial charge in [-0.25, -0.2) is 0 Å². The van der Waals surface area contributed by atoms with Gasteiger partial charge in [0.1, 0.15) is 9.46 Å². The van der Waals surface area contributed by atoms with E-state index in [4.69, 9.17) is 0 Å². The first-order valence-electron chi connectivity index (χ1n) is 9.64. The molecule has 1 aliphatic heterocycles. The summed E-state index contributed by atoms with van der Waals surface area (Å²) in [6.07, 6.45) is -0.112. The minimum Gasteiger partial charge on any atom is -0.326 e. The number of carbonyl (C=O) groups is 2. The van der Waals surface area contributed by atoms with Crippen molar-refractivity contribution < 1.29 is 18.0 Å². The number of hydrogen-bond acceptors (Lipinski definition) is 6. The van der Waals surface area contributed by atoms with E-state index >= 15 is 0 Å². The molecule has 2 amide bonds. The fourth-order valence-electron chi connectivity index (χ4n) is 3.05. The molecule has 0 bridgehead atoms. The number of rotatable bonds is 6. The van der Waals surface area contributed by atoms with Gasteiger partial charge in [-0.05, 0) is 42.6 Å². The van der Waals surface area contributed by atoms with Crippen molar-refractivity contribution in [2.24, 2.45) is 4.40 Å². The number of anilines is 2. The van der Waals surface area contributed by atoms with E-state index in [9.17, 15) is 18.0 Å². The Labute approximate surface area is 194 Å². The summed E-state index contributed by atoms with van der Waals surface area (Å²) in [4.78, 5) is 27.0. The highest BCUT2D eigenvalue weighted by Crippen LogP contribution is 2.35. The third kappa shape index (κ3) is 4.93. The molecule has 3 aromatic rings. The third-order valence-electron chi connectivity index (χ3n) is 4.60. The molecule has 2 heterocycles. The first-order valence-corrected chi connectivity index (χ1v) is 12.8. The summed E-state index contributed by atoms with van der Waals surface area (Å²) in [5.74, 6) is -0.726. The predicted molar refractivity (Wildman–Crippen MR) is 129 cm³/mol. The number of para-hydroxylation sites is 1. The molecule has 2 aromatic carbocycles. The van der Waals surface area contributed by atoms with E-state index in [-0.39, 0.29) is 27.6 Å². The number of nitrogens with one attached hydrogen (secondary N) is 1. The number of benzene rings is 2. The van der Waals surface area contributed by atoms with Gasteiger partial charge in [0.25, 0.3) is 10.0 Å². The molecule has 1 aliphatic rings. The summed E-state index contributed by atoms with van der Waals surface area (Å²) in [6.45, 7) is 1.95. The van der Waals surface area contributed by atoms with Gasteiger partial charge in [0.05, 0.1) is 5.69 Å². The first kappa shape index (κ1) is 22.3. The van der Waals surface area contributed by atoms with Crippen LogP contribution < -0.4 is 10.2 Å². The molecule has 0 unspecified atom stereocenters. The van der Waals surface area contributed by atoms with Gasteiger partial charge < -0.3 is 5.32 Å². The standard InChI is InChI=1S/C22H19N3O4S3/c1-15-9-11-16(12-10-15)23-19(26)14-18-21(27)25(17-6-3-2-4-7-17)22(31-18)24-32(28,29)20-8-5-13-30-20/h2-13,18H,14H2,1H3,(H,23,26)/t18-/m0/s1. The Morgan fingerprint density at radius 3 is 2.44 bits per heavy atom. The molecule has 7 nitrogen and oxygen atoms in total. The third-order valence-corrected chi connectivity index (χ3v) is 8.50. The highest BCUT2D eigenvalue weighted by Gasteiger charge is 2.41. The lowest BCUT2D eigenvalue weighted by molar-refractivity contribution is -0.121. The van der Waals surface area contributed by atoms with E-state index in [2.05, 4.69) is 9.71 Å². The average molecular weight is 486 g/mol. The maximum absolute atomic E-state index is 13.2. The molecule has 0 aliphatic carbocycles. The fourth-order valence-corrected chi connectivity index (χ4v) is 6.35. The van der Waals surface area contributed by atoms with E-state index in [1.54, 1.807) is 53.9 Å². The van der Waals surface area contributed by atoms with Crippen LogP contribution in [0, 0.1) is 6.92 Å². The van der Waals surface area contributed by atoms with Crippen LogP contribution in [0.3, 0.4) is 0 Å². The Hall–Kier alpha value is -2.95. The number of sulfonamides is 1. The number of thioether (sulfide) groups is 1. The van der Waals surface area contributed by atoms with Gasteiger partial charge in [-0.15, -0.1) is 15.7 Å². The van der Waals surface area contributed by atoms with Crippen LogP contribution in [0.4, 0.5) is 11.4 Å². The lowest BCUT2D eigenvalue weighted by atomic mass is 10.2. The minimum absolute atomic E-state index is 0.0303. The van der Waals surface area contributed by atoms with Crippen molar-refractivity contribution in [3.63, 3.8) is 0 Å². The Morgan fingerprint density at radius 1 is 1.06 bits per heavy atom. The second-order valence-corrected chi connectivity index (χ2v) is 11.0. The van der Waals surface area contributed by atoms with Gasteiger partial charge in [-0.3, -0.25) is 14.5 Å². The number of nitrogens with zero attached hydrogens (tertiary/aromatic N) is 2. The molecule has 0 radical (unpaired) electrons. The zero-order valence-corrected chi connectivity index (χ0v) is 19.4. The van der Waals surface area contributed by atoms with Crippen LogP contribution in [-0.4, -0.2) is 30.6 Å². The summed E-state index contributed by atoms with van der Waals surface area (Å²) in [6, 6.07) is 19.1. The molecular weight excluding hydrogens is 466 g/mol. The van der Waals surface area contributed by atoms with Crippen molar-refractivity contribution in [1.29, 1.82) is 0 Å². The topological polar surface area (TPSA) is 95.9 Å². The Morgan fingerprint density at radius 2 is 1.78 bits per heavy atom. The molecule has 0 saturated carbocycles. The zero-order chi connectivity index (χ0) is 22.7. The van der Waals surface area contributed by atoms with Crippen LogP contribution in [0.1, 0.15) is 12.0 Å². The fraction of sp³-hybridized carbons (Fsp3) is 0.136. The Bertz CT molecular complexity index is 1260. The van der Waals surface area contributed by atoms with Crippen molar-refractivity contribution in [1.82, 2.24) is 0 Å². The molecule has 32 heavy (non-hydrogen) atoms. The number of hydrogen-bond donors (Lipinski definition) is 1. The smallest absolute Gasteiger partial charge is 0.294 e. The van der Waals surface area contributed by atoms with Crippen LogP contribution in [-0.2, 0) is 19.6 Å². The van der Waals surface area contributed by atoms with Gasteiger partial charge in [0.15, 0.2) is 5.17 Å². The van der Waals surface area contributed by atoms with Crippen molar-refractivity contribution >= 4 is 61.5 Å². The first-order chi connectivity index (χ1) is 15.3. The molecule has 4 rings (SSSR count). The van der Waals surface area contributed by atoms with Crippen molar-refractivity contribution in [2.45, 2.75) is 22.8 Å². The average Bonchev–Trinajstić information content (AvgIpc) is 3.40. The highest BCUT2D eigenvalue weighted by atomic mass is 32.2. The summed E-state index contributed by atoms with van der Waals surface area (Å²) in [5, 5.41) is 3.66. The van der Waals surface area contributed by atoms with Crippen molar-refractivity contribution in [3.05, 3.63) is 77.7 Å². The van der Waals surface area contributed by atoms with Gasteiger partial charge >= 0.3 is 0 Å². The number of amidine groups is 1. The van der Waals surface area contributed by atoms with Crippen LogP contribution in [0.15, 0.2) is 80.7 Å². The monoisotopic (exact) mass is 485 g/mol. The van der Waals surface area contributed by atoms with E-state index in [0.29, 0.717) is 11.4 Å². The lowest BCUT2D eigenvalue weighted by Crippen LogP contribution is -2.33. The summed E-state index contributed by atoms with van der Waals surface area (Å²) < 4.78 is 29.5. The van der Waals surface area contributed by atoms with E-state index < -0.39 is 15.3 Å². The molecule has 1 atom stereocenters. The van der Waals surface area contributed by atoms with E-state index in [1.165, 1.54) is 11.0 Å². The van der Waals surface area contributed by atoms with E-state index in [1.807, 2.05) is 19.1 Å². The zero-order valence-electron chi connectivity index (χ0n) is 17.0. The summed E-state index contributed by atoms with van der Waals surface area (Å²) in [7, 11) is -3.98. The molecular formula is C22H19N3O4S3. The molecule has 10 heteroatoms. The van der Waals surface area contributed by atoms with E-state index in [0.717, 1.165) is 28.7 Å². The quantitative estimate of drug-likeness (QED) is 0.562. The molecule has 1 saturated heterocycles. The molecule has 0 spiro atoms. The summed E-state index contributed by atoms with van der Waals surface area (Å²) >= 11 is 2.03. The molecule has 1 fully saturated rings. The van der Waals surface area contributed by atoms with Crippen LogP contribution in [0.5, 0.6) is 0 Å². The maximum atomic E-state index is 13.2. The van der Waals surface area contributed by atoms with Crippen LogP contribution >= 0.6 is 23.1 Å². The molecule has 1 N–H and O–H groups in total. The largest absolute Gasteiger partial charge is 0.326 e. The number of amides is 2. The van der Waals surface area contributed by atoms with Crippen LogP contribution in [0.2, 0.25) is 0 Å². The molecule has 1 aromatic heterocycles. The molecule has 164 valence electrons. The SMILES string of the molecule is Cc1ccc(NC(=O)C[C@@H]2SC(=NS(=O)(=O)c3cccs3)N(c3ccccc3)C2=O)cc1. The van der Waals surface area contributed by atoms with Gasteiger partial charge in [-0.1, -0.05) is 53.7 Å². The Kier molecular flexibility index (Phi) is 6.45. The normalized spacial score (nSPS) is 17.7.